The van der Waals surface area contributed by atoms with E-state index in [-0.39, 0.29) is 17.9 Å². The van der Waals surface area contributed by atoms with Crippen molar-refractivity contribution in [3.63, 3.8) is 0 Å². The normalized spacial score (nSPS) is 23.3. The van der Waals surface area contributed by atoms with Crippen LogP contribution in [0, 0.1) is 0 Å². The molecule has 0 spiro atoms. The van der Waals surface area contributed by atoms with Crippen LogP contribution in [0.1, 0.15) is 18.9 Å². The summed E-state index contributed by atoms with van der Waals surface area (Å²) < 4.78 is 31.4. The second-order valence-corrected chi connectivity index (χ2v) is 6.91. The molecule has 0 saturated carbocycles. The van der Waals surface area contributed by atoms with Crippen molar-refractivity contribution >= 4 is 16.0 Å². The molecule has 116 valence electrons. The van der Waals surface area contributed by atoms with Gasteiger partial charge in [0, 0.05) is 20.1 Å². The molecule has 1 aromatic carbocycles. The molecule has 2 rings (SSSR count). The molecule has 1 aliphatic heterocycles. The lowest BCUT2D eigenvalue weighted by molar-refractivity contribution is -0.140. The number of aliphatic carboxylic acids is 1. The van der Waals surface area contributed by atoms with Crippen molar-refractivity contribution in [3.05, 3.63) is 29.8 Å². The van der Waals surface area contributed by atoms with Crippen LogP contribution in [0.15, 0.2) is 29.2 Å². The van der Waals surface area contributed by atoms with E-state index in [2.05, 4.69) is 0 Å². The van der Waals surface area contributed by atoms with Crippen LogP contribution in [0.5, 0.6) is 0 Å². The van der Waals surface area contributed by atoms with E-state index in [1.165, 1.54) is 19.2 Å². The maximum absolute atomic E-state index is 12.6. The molecule has 0 radical (unpaired) electrons. The minimum Gasteiger partial charge on any atom is -0.480 e. The maximum Gasteiger partial charge on any atom is 0.322 e. The van der Waals surface area contributed by atoms with Crippen molar-refractivity contribution in [2.45, 2.75) is 36.8 Å². The summed E-state index contributed by atoms with van der Waals surface area (Å²) in [5, 5.41) is 9.23. The first-order valence-corrected chi connectivity index (χ1v) is 8.20. The number of ether oxygens (including phenoxy) is 1. The highest BCUT2D eigenvalue weighted by Gasteiger charge is 2.44. The molecule has 6 nitrogen and oxygen atoms in total. The van der Waals surface area contributed by atoms with Crippen LogP contribution in [-0.2, 0) is 26.0 Å². The molecule has 1 heterocycles. The number of carbonyl (C=O) groups is 1. The van der Waals surface area contributed by atoms with Gasteiger partial charge in [-0.2, -0.15) is 4.31 Å². The monoisotopic (exact) mass is 313 g/mol. The number of nitrogens with zero attached hydrogens (tertiary/aromatic N) is 1. The number of methoxy groups -OCH3 is 1. The second kappa shape index (κ2) is 6.13. The van der Waals surface area contributed by atoms with E-state index < -0.39 is 28.1 Å². The van der Waals surface area contributed by atoms with E-state index in [9.17, 15) is 18.3 Å². The van der Waals surface area contributed by atoms with Crippen molar-refractivity contribution in [2.75, 3.05) is 13.7 Å². The van der Waals surface area contributed by atoms with Gasteiger partial charge in [-0.1, -0.05) is 19.1 Å². The van der Waals surface area contributed by atoms with Crippen molar-refractivity contribution in [1.29, 1.82) is 0 Å². The fraction of sp³-hybridized carbons (Fsp3) is 0.500. The lowest BCUT2D eigenvalue weighted by Crippen LogP contribution is -2.40. The number of sulfonamides is 1. The van der Waals surface area contributed by atoms with Crippen molar-refractivity contribution in [2.24, 2.45) is 0 Å². The van der Waals surface area contributed by atoms with Crippen molar-refractivity contribution in [3.8, 4) is 0 Å². The molecule has 7 heteroatoms. The fourth-order valence-electron chi connectivity index (χ4n) is 2.46. The first-order valence-electron chi connectivity index (χ1n) is 6.76. The highest BCUT2D eigenvalue weighted by atomic mass is 32.2. The van der Waals surface area contributed by atoms with Crippen LogP contribution in [0.3, 0.4) is 0 Å². The zero-order valence-corrected chi connectivity index (χ0v) is 12.8. The fourth-order valence-corrected chi connectivity index (χ4v) is 4.09. The average Bonchev–Trinajstić information content (AvgIpc) is 2.92. The van der Waals surface area contributed by atoms with Crippen LogP contribution in [0.4, 0.5) is 0 Å². The number of carboxylic acid groups (broad SMARTS) is 1. The van der Waals surface area contributed by atoms with Crippen LogP contribution in [0.2, 0.25) is 0 Å². The summed E-state index contributed by atoms with van der Waals surface area (Å²) in [4.78, 5) is 11.4. The standard InChI is InChI=1S/C14H19NO5S/c1-3-10-4-6-12(7-5-10)21(18,19)15-9-11(20-2)8-13(15)14(16)17/h4-7,11,13H,3,8-9H2,1-2H3,(H,16,17). The average molecular weight is 313 g/mol. The van der Waals surface area contributed by atoms with Gasteiger partial charge >= 0.3 is 5.97 Å². The summed E-state index contributed by atoms with van der Waals surface area (Å²) in [6.07, 6.45) is 0.585. The quantitative estimate of drug-likeness (QED) is 0.880. The van der Waals surface area contributed by atoms with E-state index in [0.717, 1.165) is 16.3 Å². The molecule has 1 fully saturated rings. The van der Waals surface area contributed by atoms with Crippen LogP contribution < -0.4 is 0 Å². The largest absolute Gasteiger partial charge is 0.480 e. The van der Waals surface area contributed by atoms with Crippen molar-refractivity contribution < 1.29 is 23.1 Å². The second-order valence-electron chi connectivity index (χ2n) is 5.02. The van der Waals surface area contributed by atoms with Gasteiger partial charge in [-0.05, 0) is 24.1 Å². The number of rotatable bonds is 5. The molecule has 1 saturated heterocycles. The minimum atomic E-state index is -3.83. The van der Waals surface area contributed by atoms with Crippen LogP contribution in [-0.4, -0.2) is 49.6 Å². The number of carboxylic acids is 1. The van der Waals surface area contributed by atoms with Gasteiger partial charge in [-0.15, -0.1) is 0 Å². The van der Waals surface area contributed by atoms with E-state index >= 15 is 0 Å². The van der Waals surface area contributed by atoms with Crippen molar-refractivity contribution in [1.82, 2.24) is 4.31 Å². The van der Waals surface area contributed by atoms with Gasteiger partial charge in [0.2, 0.25) is 10.0 Å². The molecule has 2 atom stereocenters. The lowest BCUT2D eigenvalue weighted by atomic mass is 10.2. The third kappa shape index (κ3) is 3.09. The Morgan fingerprint density at radius 2 is 2.00 bits per heavy atom. The van der Waals surface area contributed by atoms with Gasteiger partial charge < -0.3 is 9.84 Å². The van der Waals surface area contributed by atoms with Crippen LogP contribution >= 0.6 is 0 Å². The smallest absolute Gasteiger partial charge is 0.322 e. The Balaban J connectivity index is 2.34. The van der Waals surface area contributed by atoms with Gasteiger partial charge in [-0.3, -0.25) is 4.79 Å². The number of hydrogen-bond donors (Lipinski definition) is 1. The summed E-state index contributed by atoms with van der Waals surface area (Å²) >= 11 is 0. The molecular weight excluding hydrogens is 294 g/mol. The Kier molecular flexibility index (Phi) is 4.65. The SMILES string of the molecule is CCc1ccc(S(=O)(=O)N2CC(OC)CC2C(=O)O)cc1. The predicted octanol–water partition coefficient (Wildman–Crippen LogP) is 1.11. The Hall–Kier alpha value is -1.44. The molecular formula is C14H19NO5S. The molecule has 0 amide bonds. The van der Waals surface area contributed by atoms with Crippen LogP contribution in [0.25, 0.3) is 0 Å². The lowest BCUT2D eigenvalue weighted by Gasteiger charge is -2.20. The summed E-state index contributed by atoms with van der Waals surface area (Å²) in [7, 11) is -2.37. The molecule has 0 bridgehead atoms. The zero-order chi connectivity index (χ0) is 15.6. The molecule has 1 N–H and O–H groups in total. The van der Waals surface area contributed by atoms with E-state index in [1.807, 2.05) is 6.92 Å². The van der Waals surface area contributed by atoms with Gasteiger partial charge in [0.1, 0.15) is 6.04 Å². The summed E-state index contributed by atoms with van der Waals surface area (Å²) in [5.41, 5.74) is 1.03. The highest BCUT2D eigenvalue weighted by Crippen LogP contribution is 2.28. The Bertz CT molecular complexity index is 611. The van der Waals surface area contributed by atoms with Gasteiger partial charge in [0.05, 0.1) is 11.0 Å². The number of aryl methyl sites for hydroxylation is 1. The Morgan fingerprint density at radius 3 is 2.48 bits per heavy atom. The molecule has 0 aromatic heterocycles. The van der Waals surface area contributed by atoms with E-state index in [4.69, 9.17) is 4.74 Å². The Morgan fingerprint density at radius 1 is 1.38 bits per heavy atom. The van der Waals surface area contributed by atoms with Gasteiger partial charge in [-0.25, -0.2) is 8.42 Å². The first-order chi connectivity index (χ1) is 9.90. The van der Waals surface area contributed by atoms with E-state index in [0.29, 0.717) is 0 Å². The molecule has 1 aliphatic rings. The third-order valence-corrected chi connectivity index (χ3v) is 5.66. The Labute approximate surface area is 124 Å². The zero-order valence-electron chi connectivity index (χ0n) is 12.0. The number of benzene rings is 1. The molecule has 1 aromatic rings. The predicted molar refractivity (Wildman–Crippen MR) is 76.5 cm³/mol. The topological polar surface area (TPSA) is 83.9 Å². The molecule has 21 heavy (non-hydrogen) atoms. The van der Waals surface area contributed by atoms with Gasteiger partial charge in [0.15, 0.2) is 0 Å². The summed E-state index contributed by atoms with van der Waals surface area (Å²) in [6.45, 7) is 2.04. The number of hydrogen-bond acceptors (Lipinski definition) is 4. The van der Waals surface area contributed by atoms with E-state index in [1.54, 1.807) is 12.1 Å². The molecule has 2 unspecified atom stereocenters. The maximum atomic E-state index is 12.6. The summed E-state index contributed by atoms with van der Waals surface area (Å²) in [5.74, 6) is -1.15. The molecule has 0 aliphatic carbocycles. The van der Waals surface area contributed by atoms with Gasteiger partial charge in [0.25, 0.3) is 0 Å². The first kappa shape index (κ1) is 15.9. The third-order valence-electron chi connectivity index (χ3n) is 3.77. The minimum absolute atomic E-state index is 0.0608. The summed E-state index contributed by atoms with van der Waals surface area (Å²) in [6, 6.07) is 5.45. The highest BCUT2D eigenvalue weighted by molar-refractivity contribution is 7.89.